The first-order valence-electron chi connectivity index (χ1n) is 9.67. The number of aryl methyl sites for hydroxylation is 1. The number of carbonyl (C=O) groups is 1. The average Bonchev–Trinajstić information content (AvgIpc) is 2.71. The Kier molecular flexibility index (Phi) is 6.66. The van der Waals surface area contributed by atoms with Crippen LogP contribution in [-0.2, 0) is 12.6 Å². The number of carbonyl (C=O) groups excluding carboxylic acids is 1. The molecule has 0 spiro atoms. The summed E-state index contributed by atoms with van der Waals surface area (Å²) < 4.78 is 76.7. The second-order valence-corrected chi connectivity index (χ2v) is 7.42. The van der Waals surface area contributed by atoms with Crippen molar-refractivity contribution < 1.29 is 31.1 Å². The number of hydrogen-bond acceptors (Lipinski definition) is 2. The van der Waals surface area contributed by atoms with Crippen molar-refractivity contribution in [2.75, 3.05) is 0 Å². The van der Waals surface area contributed by atoms with Gasteiger partial charge in [0.05, 0.1) is 12.5 Å². The number of amides is 1. The molecule has 1 heterocycles. The normalized spacial score (nSPS) is 12.9. The summed E-state index contributed by atoms with van der Waals surface area (Å²) in [7, 11) is 0. The molecule has 4 nitrogen and oxygen atoms in total. The van der Waals surface area contributed by atoms with Crippen LogP contribution in [0.15, 0.2) is 65.5 Å². The lowest BCUT2D eigenvalue weighted by atomic mass is 9.96. The Balaban J connectivity index is 1.96. The zero-order chi connectivity index (χ0) is 24.4. The zero-order valence-corrected chi connectivity index (χ0v) is 17.1. The second-order valence-electron chi connectivity index (χ2n) is 7.42. The lowest BCUT2D eigenvalue weighted by Gasteiger charge is -2.21. The largest absolute Gasteiger partial charge is 0.431 e. The van der Waals surface area contributed by atoms with Gasteiger partial charge in [0.2, 0.25) is 0 Å². The fraction of sp³-hybridized carbons (Fsp3) is 0.217. The van der Waals surface area contributed by atoms with E-state index in [1.165, 1.54) is 31.2 Å². The summed E-state index contributed by atoms with van der Waals surface area (Å²) in [6.07, 6.45) is -10.3. The summed E-state index contributed by atoms with van der Waals surface area (Å²) in [4.78, 5) is 26.8. The fourth-order valence-electron chi connectivity index (χ4n) is 3.39. The van der Waals surface area contributed by atoms with Crippen LogP contribution in [0.1, 0.15) is 44.3 Å². The van der Waals surface area contributed by atoms with Crippen molar-refractivity contribution in [3.05, 3.63) is 105 Å². The number of halogens is 6. The Morgan fingerprint density at radius 3 is 2.03 bits per heavy atom. The highest BCUT2D eigenvalue weighted by Crippen LogP contribution is 2.28. The first-order chi connectivity index (χ1) is 15.3. The van der Waals surface area contributed by atoms with Crippen molar-refractivity contribution in [1.82, 2.24) is 10.3 Å². The third-order valence-corrected chi connectivity index (χ3v) is 4.89. The lowest BCUT2D eigenvalue weighted by Crippen LogP contribution is -2.35. The molecule has 0 saturated heterocycles. The van der Waals surface area contributed by atoms with E-state index < -0.39 is 47.5 Å². The summed E-state index contributed by atoms with van der Waals surface area (Å²) in [5.41, 5.74) is -2.11. The number of benzene rings is 2. The van der Waals surface area contributed by atoms with Gasteiger partial charge in [-0.3, -0.25) is 9.59 Å². The van der Waals surface area contributed by atoms with Gasteiger partial charge in [0.1, 0.15) is 11.3 Å². The topological polar surface area (TPSA) is 62.0 Å². The maximum Gasteiger partial charge on any atom is 0.431 e. The van der Waals surface area contributed by atoms with E-state index >= 15 is 0 Å². The molecule has 10 heteroatoms. The molecule has 1 aromatic heterocycles. The van der Waals surface area contributed by atoms with Crippen molar-refractivity contribution in [1.29, 1.82) is 0 Å². The average molecular weight is 468 g/mol. The highest BCUT2D eigenvalue weighted by atomic mass is 19.4. The number of pyridine rings is 1. The van der Waals surface area contributed by atoms with Crippen LogP contribution in [0.4, 0.5) is 26.3 Å². The SMILES string of the molecule is Cc1cc(C(F)(F)F)[nH]c(=O)c1C(=O)NC(c1ccccc1)c1ccc(CC(F)(F)F)cc1. The van der Waals surface area contributed by atoms with Gasteiger partial charge < -0.3 is 10.3 Å². The molecule has 1 amide bonds. The Hall–Kier alpha value is -3.56. The van der Waals surface area contributed by atoms with Crippen molar-refractivity contribution in [3.63, 3.8) is 0 Å². The number of H-pyrrole nitrogens is 1. The van der Waals surface area contributed by atoms with Crippen molar-refractivity contribution in [2.24, 2.45) is 0 Å². The maximum atomic E-state index is 12.9. The summed E-state index contributed by atoms with van der Waals surface area (Å²) in [5.74, 6) is -0.921. The number of hydrogen-bond donors (Lipinski definition) is 2. The number of alkyl halides is 6. The van der Waals surface area contributed by atoms with Crippen molar-refractivity contribution >= 4 is 5.91 Å². The monoisotopic (exact) mass is 468 g/mol. The molecule has 174 valence electrons. The summed E-state index contributed by atoms with van der Waals surface area (Å²) in [6.45, 7) is 1.21. The summed E-state index contributed by atoms with van der Waals surface area (Å²) in [6, 6.07) is 13.6. The van der Waals surface area contributed by atoms with E-state index in [4.69, 9.17) is 0 Å². The molecule has 33 heavy (non-hydrogen) atoms. The Morgan fingerprint density at radius 1 is 0.939 bits per heavy atom. The molecule has 0 saturated carbocycles. The van der Waals surface area contributed by atoms with Crippen LogP contribution in [0.25, 0.3) is 0 Å². The fourth-order valence-corrected chi connectivity index (χ4v) is 3.39. The molecule has 2 aromatic carbocycles. The van der Waals surface area contributed by atoms with E-state index in [2.05, 4.69) is 5.32 Å². The van der Waals surface area contributed by atoms with Crippen LogP contribution in [0.5, 0.6) is 0 Å². The Morgan fingerprint density at radius 2 is 1.52 bits per heavy atom. The first kappa shape index (κ1) is 24.1. The molecule has 0 radical (unpaired) electrons. The van der Waals surface area contributed by atoms with E-state index in [0.29, 0.717) is 17.2 Å². The minimum Gasteiger partial charge on any atom is -0.341 e. The minimum atomic E-state index is -4.79. The molecule has 2 N–H and O–H groups in total. The predicted octanol–water partition coefficient (Wildman–Crippen LogP) is 5.33. The smallest absolute Gasteiger partial charge is 0.341 e. The molecule has 0 bridgehead atoms. The summed E-state index contributed by atoms with van der Waals surface area (Å²) in [5, 5.41) is 2.61. The number of aromatic amines is 1. The molecule has 0 aliphatic rings. The van der Waals surface area contributed by atoms with Crippen LogP contribution in [0, 0.1) is 6.92 Å². The van der Waals surface area contributed by atoms with Gasteiger partial charge >= 0.3 is 12.4 Å². The molecular weight excluding hydrogens is 450 g/mol. The Labute approximate surface area is 184 Å². The summed E-state index contributed by atoms with van der Waals surface area (Å²) >= 11 is 0. The molecule has 3 aromatic rings. The van der Waals surface area contributed by atoms with Gasteiger partial charge in [-0.2, -0.15) is 26.3 Å². The van der Waals surface area contributed by atoms with Gasteiger partial charge in [-0.05, 0) is 35.2 Å². The third kappa shape index (κ3) is 6.03. The molecule has 0 aliphatic carbocycles. The Bertz CT molecular complexity index is 1180. The number of aromatic nitrogens is 1. The van der Waals surface area contributed by atoms with Gasteiger partial charge in [-0.15, -0.1) is 0 Å². The zero-order valence-electron chi connectivity index (χ0n) is 17.1. The molecule has 1 atom stereocenters. The lowest BCUT2D eigenvalue weighted by molar-refractivity contribution is -0.141. The van der Waals surface area contributed by atoms with Gasteiger partial charge in [-0.25, -0.2) is 0 Å². The number of rotatable bonds is 5. The standard InChI is InChI=1S/C23H18F6N2O2/c1-13-11-17(23(27,28)29)30-20(32)18(13)21(33)31-19(15-5-3-2-4-6-15)16-9-7-14(8-10-16)12-22(24,25)26/h2-11,19H,12H2,1H3,(H,30,32)(H,31,33). The molecule has 0 fully saturated rings. The second kappa shape index (κ2) is 9.13. The highest BCUT2D eigenvalue weighted by molar-refractivity contribution is 5.95. The molecule has 0 aliphatic heterocycles. The van der Waals surface area contributed by atoms with Crippen LogP contribution in [0.2, 0.25) is 0 Å². The van der Waals surface area contributed by atoms with E-state index in [1.807, 2.05) is 0 Å². The molecule has 1 unspecified atom stereocenters. The van der Waals surface area contributed by atoms with Crippen LogP contribution in [0.3, 0.4) is 0 Å². The third-order valence-electron chi connectivity index (χ3n) is 4.89. The predicted molar refractivity (Wildman–Crippen MR) is 109 cm³/mol. The molecular formula is C23H18F6N2O2. The van der Waals surface area contributed by atoms with Gasteiger partial charge in [0.25, 0.3) is 11.5 Å². The van der Waals surface area contributed by atoms with Gasteiger partial charge in [-0.1, -0.05) is 54.6 Å². The van der Waals surface area contributed by atoms with Crippen LogP contribution >= 0.6 is 0 Å². The van der Waals surface area contributed by atoms with Crippen molar-refractivity contribution in [3.8, 4) is 0 Å². The maximum absolute atomic E-state index is 12.9. The van der Waals surface area contributed by atoms with Gasteiger partial charge in [0.15, 0.2) is 0 Å². The van der Waals surface area contributed by atoms with E-state index in [1.54, 1.807) is 35.3 Å². The highest BCUT2D eigenvalue weighted by Gasteiger charge is 2.33. The molecule has 3 rings (SSSR count). The van der Waals surface area contributed by atoms with E-state index in [0.717, 1.165) is 0 Å². The first-order valence-corrected chi connectivity index (χ1v) is 9.67. The van der Waals surface area contributed by atoms with Crippen LogP contribution in [-0.4, -0.2) is 17.1 Å². The van der Waals surface area contributed by atoms with E-state index in [-0.39, 0.29) is 11.1 Å². The van der Waals surface area contributed by atoms with Crippen molar-refractivity contribution in [2.45, 2.75) is 31.7 Å². The van der Waals surface area contributed by atoms with E-state index in [9.17, 15) is 35.9 Å². The minimum absolute atomic E-state index is 0.0272. The van der Waals surface area contributed by atoms with Crippen LogP contribution < -0.4 is 10.9 Å². The number of nitrogens with one attached hydrogen (secondary N) is 2. The van der Waals surface area contributed by atoms with Gasteiger partial charge in [0, 0.05) is 0 Å². The quantitative estimate of drug-likeness (QED) is 0.498.